The molecule has 1 aromatic heterocycles. The van der Waals surface area contributed by atoms with Crippen LogP contribution >= 0.6 is 11.3 Å². The van der Waals surface area contributed by atoms with Gasteiger partial charge in [0, 0.05) is 6.92 Å². The second-order valence-corrected chi connectivity index (χ2v) is 2.44. The zero-order chi connectivity index (χ0) is 6.69. The first kappa shape index (κ1) is 6.29. The van der Waals surface area contributed by atoms with Crippen molar-refractivity contribution >= 4 is 17.3 Å². The first-order chi connectivity index (χ1) is 4.29. The van der Waals surface area contributed by atoms with E-state index >= 15 is 0 Å². The summed E-state index contributed by atoms with van der Waals surface area (Å²) in [5, 5.41) is 2.51. The summed E-state index contributed by atoms with van der Waals surface area (Å²) < 4.78 is 4.73. The topological polar surface area (TPSA) is 26.3 Å². The predicted molar refractivity (Wildman–Crippen MR) is 35.6 cm³/mol. The van der Waals surface area contributed by atoms with Crippen molar-refractivity contribution < 1.29 is 9.53 Å². The van der Waals surface area contributed by atoms with Crippen molar-refractivity contribution in [3.8, 4) is 5.06 Å². The Morgan fingerprint density at radius 1 is 1.78 bits per heavy atom. The molecule has 0 amide bonds. The van der Waals surface area contributed by atoms with E-state index in [-0.39, 0.29) is 5.97 Å². The van der Waals surface area contributed by atoms with Gasteiger partial charge in [-0.2, -0.15) is 0 Å². The number of hydrogen-bond acceptors (Lipinski definition) is 3. The Labute approximate surface area is 57.1 Å². The highest BCUT2D eigenvalue weighted by Gasteiger charge is 1.95. The minimum atomic E-state index is -0.266. The molecule has 9 heavy (non-hydrogen) atoms. The molecule has 48 valence electrons. The van der Waals surface area contributed by atoms with Crippen molar-refractivity contribution in [3.05, 3.63) is 17.5 Å². The standard InChI is InChI=1S/C6H6O2S/c1-5(7)8-6-3-2-4-9-6/h2-4H,1H3. The van der Waals surface area contributed by atoms with Gasteiger partial charge in [-0.05, 0) is 17.5 Å². The van der Waals surface area contributed by atoms with Crippen molar-refractivity contribution in [2.24, 2.45) is 0 Å². The molecule has 0 aliphatic heterocycles. The molecule has 0 unspecified atom stereocenters. The number of carbonyl (C=O) groups excluding carboxylic acids is 1. The van der Waals surface area contributed by atoms with E-state index in [2.05, 4.69) is 0 Å². The van der Waals surface area contributed by atoms with Crippen LogP contribution in [0.5, 0.6) is 5.06 Å². The summed E-state index contributed by atoms with van der Waals surface area (Å²) in [4.78, 5) is 10.3. The summed E-state index contributed by atoms with van der Waals surface area (Å²) in [6, 6.07) is 3.59. The van der Waals surface area contributed by atoms with Gasteiger partial charge < -0.3 is 4.74 Å². The maximum Gasteiger partial charge on any atom is 0.308 e. The Morgan fingerprint density at radius 3 is 3.00 bits per heavy atom. The number of hydrogen-bond donors (Lipinski definition) is 0. The summed E-state index contributed by atoms with van der Waals surface area (Å²) in [5.74, 6) is -0.266. The van der Waals surface area contributed by atoms with E-state index in [0.717, 1.165) is 0 Å². The Hall–Kier alpha value is -0.830. The van der Waals surface area contributed by atoms with E-state index in [4.69, 9.17) is 4.74 Å². The van der Waals surface area contributed by atoms with Gasteiger partial charge in [0.25, 0.3) is 0 Å². The van der Waals surface area contributed by atoms with Gasteiger partial charge in [0.15, 0.2) is 5.06 Å². The van der Waals surface area contributed by atoms with Gasteiger partial charge in [0.1, 0.15) is 0 Å². The third kappa shape index (κ3) is 1.85. The fourth-order valence-corrected chi connectivity index (χ4v) is 1.08. The number of carbonyl (C=O) groups is 1. The molecule has 1 aromatic rings. The molecule has 0 aromatic carbocycles. The highest BCUT2D eigenvalue weighted by molar-refractivity contribution is 7.11. The van der Waals surface area contributed by atoms with Crippen LogP contribution in [0.2, 0.25) is 0 Å². The molecule has 0 bridgehead atoms. The molecule has 0 saturated carbocycles. The van der Waals surface area contributed by atoms with Crippen LogP contribution in [0, 0.1) is 0 Å². The van der Waals surface area contributed by atoms with Gasteiger partial charge in [0.2, 0.25) is 0 Å². The molecule has 0 saturated heterocycles. The molecule has 0 N–H and O–H groups in total. The molecule has 0 aliphatic carbocycles. The van der Waals surface area contributed by atoms with Crippen LogP contribution in [0.15, 0.2) is 17.5 Å². The normalized spacial score (nSPS) is 9.00. The van der Waals surface area contributed by atoms with Gasteiger partial charge in [-0.1, -0.05) is 0 Å². The fraction of sp³-hybridized carbons (Fsp3) is 0.167. The molecular formula is C6H6O2S. The summed E-state index contributed by atoms with van der Waals surface area (Å²) >= 11 is 1.41. The minimum Gasteiger partial charge on any atom is -0.416 e. The summed E-state index contributed by atoms with van der Waals surface area (Å²) in [6.45, 7) is 1.39. The smallest absolute Gasteiger partial charge is 0.308 e. The molecule has 3 heteroatoms. The summed E-state index contributed by atoms with van der Waals surface area (Å²) in [5.41, 5.74) is 0. The number of esters is 1. The molecule has 0 aliphatic rings. The Kier molecular flexibility index (Phi) is 1.85. The minimum absolute atomic E-state index is 0.266. The monoisotopic (exact) mass is 142 g/mol. The van der Waals surface area contributed by atoms with Crippen LogP contribution in [0.4, 0.5) is 0 Å². The van der Waals surface area contributed by atoms with Gasteiger partial charge in [-0.25, -0.2) is 0 Å². The lowest BCUT2D eigenvalue weighted by Gasteiger charge is -1.91. The van der Waals surface area contributed by atoms with E-state index in [0.29, 0.717) is 5.06 Å². The van der Waals surface area contributed by atoms with Crippen molar-refractivity contribution in [2.45, 2.75) is 6.92 Å². The van der Waals surface area contributed by atoms with Crippen molar-refractivity contribution in [3.63, 3.8) is 0 Å². The first-order valence-electron chi connectivity index (χ1n) is 2.51. The van der Waals surface area contributed by atoms with Gasteiger partial charge in [0.05, 0.1) is 0 Å². The first-order valence-corrected chi connectivity index (χ1v) is 3.39. The lowest BCUT2D eigenvalue weighted by atomic mass is 10.6. The molecule has 1 rings (SSSR count). The zero-order valence-electron chi connectivity index (χ0n) is 4.96. The van der Waals surface area contributed by atoms with Crippen molar-refractivity contribution in [1.29, 1.82) is 0 Å². The van der Waals surface area contributed by atoms with Crippen LogP contribution in [-0.2, 0) is 4.79 Å². The quantitative estimate of drug-likeness (QED) is 0.557. The maximum atomic E-state index is 10.3. The van der Waals surface area contributed by atoms with Crippen LogP contribution in [0.25, 0.3) is 0 Å². The SMILES string of the molecule is CC(=O)Oc1cccs1. The van der Waals surface area contributed by atoms with Crippen molar-refractivity contribution in [2.75, 3.05) is 0 Å². The third-order valence-electron chi connectivity index (χ3n) is 0.739. The highest BCUT2D eigenvalue weighted by Crippen LogP contribution is 2.17. The number of ether oxygens (including phenoxy) is 1. The zero-order valence-corrected chi connectivity index (χ0v) is 5.77. The second kappa shape index (κ2) is 2.64. The summed E-state index contributed by atoms with van der Waals surface area (Å²) in [6.07, 6.45) is 0. The van der Waals surface area contributed by atoms with Crippen LogP contribution in [0.1, 0.15) is 6.92 Å². The van der Waals surface area contributed by atoms with Crippen LogP contribution < -0.4 is 4.74 Å². The molecule has 1 heterocycles. The van der Waals surface area contributed by atoms with Crippen LogP contribution in [-0.4, -0.2) is 5.97 Å². The van der Waals surface area contributed by atoms with Gasteiger partial charge >= 0.3 is 5.97 Å². The van der Waals surface area contributed by atoms with E-state index in [1.165, 1.54) is 18.3 Å². The predicted octanol–water partition coefficient (Wildman–Crippen LogP) is 1.67. The molecular weight excluding hydrogens is 136 g/mol. The Morgan fingerprint density at radius 2 is 2.56 bits per heavy atom. The molecule has 0 spiro atoms. The average molecular weight is 142 g/mol. The molecule has 0 atom stereocenters. The number of rotatable bonds is 1. The van der Waals surface area contributed by atoms with Crippen LogP contribution in [0.3, 0.4) is 0 Å². The van der Waals surface area contributed by atoms with Gasteiger partial charge in [-0.3, -0.25) is 4.79 Å². The lowest BCUT2D eigenvalue weighted by molar-refractivity contribution is -0.131. The Bertz CT molecular complexity index is 191. The second-order valence-electron chi connectivity index (χ2n) is 1.53. The maximum absolute atomic E-state index is 10.3. The summed E-state index contributed by atoms with van der Waals surface area (Å²) in [7, 11) is 0. The van der Waals surface area contributed by atoms with E-state index in [1.54, 1.807) is 6.07 Å². The average Bonchev–Trinajstić information content (AvgIpc) is 2.15. The fourth-order valence-electron chi connectivity index (χ4n) is 0.463. The number of thiophene rings is 1. The molecule has 0 fully saturated rings. The van der Waals surface area contributed by atoms with Crippen molar-refractivity contribution in [1.82, 2.24) is 0 Å². The van der Waals surface area contributed by atoms with E-state index in [1.807, 2.05) is 11.4 Å². The Balaban J connectivity index is 2.58. The third-order valence-corrected chi connectivity index (χ3v) is 1.48. The highest BCUT2D eigenvalue weighted by atomic mass is 32.1. The molecule has 0 radical (unpaired) electrons. The van der Waals surface area contributed by atoms with Gasteiger partial charge in [-0.15, -0.1) is 11.3 Å². The van der Waals surface area contributed by atoms with E-state index < -0.39 is 0 Å². The van der Waals surface area contributed by atoms with E-state index in [9.17, 15) is 4.79 Å². The molecule has 2 nitrogen and oxygen atoms in total. The largest absolute Gasteiger partial charge is 0.416 e. The lowest BCUT2D eigenvalue weighted by Crippen LogP contribution is -1.98.